The Labute approximate surface area is 67.0 Å². The summed E-state index contributed by atoms with van der Waals surface area (Å²) in [7, 11) is 0. The molecule has 1 aliphatic carbocycles. The van der Waals surface area contributed by atoms with Gasteiger partial charge in [0.1, 0.15) is 5.75 Å². The van der Waals surface area contributed by atoms with E-state index in [4.69, 9.17) is 4.74 Å². The summed E-state index contributed by atoms with van der Waals surface area (Å²) >= 11 is 0. The molecule has 2 rings (SSSR count). The van der Waals surface area contributed by atoms with Crippen LogP contribution in [0.4, 0.5) is 0 Å². The third-order valence-electron chi connectivity index (χ3n) is 2.04. The van der Waals surface area contributed by atoms with E-state index in [9.17, 15) is 0 Å². The topological polar surface area (TPSA) is 9.23 Å². The lowest BCUT2D eigenvalue weighted by Crippen LogP contribution is -2.24. The van der Waals surface area contributed by atoms with Crippen molar-refractivity contribution < 1.29 is 4.74 Å². The minimum absolute atomic E-state index is 0.484. The van der Waals surface area contributed by atoms with E-state index in [0.29, 0.717) is 6.10 Å². The molecule has 0 atom stereocenters. The lowest BCUT2D eigenvalue weighted by molar-refractivity contribution is 0.120. The fourth-order valence-corrected chi connectivity index (χ4v) is 1.13. The van der Waals surface area contributed by atoms with E-state index in [2.05, 4.69) is 6.07 Å². The van der Waals surface area contributed by atoms with Crippen molar-refractivity contribution in [1.82, 2.24) is 0 Å². The van der Waals surface area contributed by atoms with Crippen LogP contribution in [0, 0.1) is 6.07 Å². The van der Waals surface area contributed by atoms with Crippen molar-refractivity contribution >= 4 is 0 Å². The molecular formula is C10H11O. The second kappa shape index (κ2) is 2.95. The van der Waals surface area contributed by atoms with E-state index in [0.717, 1.165) is 5.75 Å². The van der Waals surface area contributed by atoms with Gasteiger partial charge in [-0.05, 0) is 37.5 Å². The average Bonchev–Trinajstić information content (AvgIpc) is 1.99. The maximum absolute atomic E-state index is 5.63. The van der Waals surface area contributed by atoms with Crippen LogP contribution in [0.2, 0.25) is 0 Å². The van der Waals surface area contributed by atoms with Crippen LogP contribution in [0.5, 0.6) is 5.75 Å². The highest BCUT2D eigenvalue weighted by Crippen LogP contribution is 2.24. The Morgan fingerprint density at radius 1 is 1.27 bits per heavy atom. The van der Waals surface area contributed by atoms with Gasteiger partial charge in [-0.3, -0.25) is 0 Å². The van der Waals surface area contributed by atoms with Crippen LogP contribution in [0.15, 0.2) is 24.3 Å². The van der Waals surface area contributed by atoms with E-state index < -0.39 is 0 Å². The van der Waals surface area contributed by atoms with Crippen molar-refractivity contribution in [2.24, 2.45) is 0 Å². The molecule has 0 bridgehead atoms. The summed E-state index contributed by atoms with van der Waals surface area (Å²) in [6.07, 6.45) is 4.25. The molecule has 11 heavy (non-hydrogen) atoms. The highest BCUT2D eigenvalue weighted by Gasteiger charge is 2.18. The Bertz CT molecular complexity index is 214. The average molecular weight is 147 g/mol. The molecule has 0 aliphatic heterocycles. The number of ether oxygens (including phenoxy) is 1. The quantitative estimate of drug-likeness (QED) is 0.624. The molecule has 0 saturated heterocycles. The second-order valence-corrected chi connectivity index (χ2v) is 2.91. The summed E-state index contributed by atoms with van der Waals surface area (Å²) in [5, 5.41) is 0. The van der Waals surface area contributed by atoms with Crippen LogP contribution in [-0.4, -0.2) is 6.10 Å². The van der Waals surface area contributed by atoms with E-state index in [-0.39, 0.29) is 0 Å². The zero-order valence-corrected chi connectivity index (χ0v) is 6.42. The summed E-state index contributed by atoms with van der Waals surface area (Å²) in [5.74, 6) is 0.980. The summed E-state index contributed by atoms with van der Waals surface area (Å²) in [6, 6.07) is 10.6. The summed E-state index contributed by atoms with van der Waals surface area (Å²) in [6.45, 7) is 0. The Balaban J connectivity index is 1.95. The SMILES string of the molecule is [c]1ccc(OC2CCC2)cc1. The van der Waals surface area contributed by atoms with Crippen molar-refractivity contribution in [2.75, 3.05) is 0 Å². The molecule has 1 radical (unpaired) electrons. The first kappa shape index (κ1) is 6.71. The minimum atomic E-state index is 0.484. The van der Waals surface area contributed by atoms with Crippen LogP contribution in [0.25, 0.3) is 0 Å². The molecule has 0 amide bonds. The van der Waals surface area contributed by atoms with Crippen LogP contribution < -0.4 is 4.74 Å². The molecule has 1 nitrogen and oxygen atoms in total. The molecule has 57 valence electrons. The number of rotatable bonds is 2. The van der Waals surface area contributed by atoms with Crippen LogP contribution in [-0.2, 0) is 0 Å². The monoisotopic (exact) mass is 147 g/mol. The molecule has 1 aromatic carbocycles. The van der Waals surface area contributed by atoms with Gasteiger partial charge >= 0.3 is 0 Å². The standard InChI is InChI=1S/C10H11O/c1-2-5-9(6-3-1)11-10-7-4-8-10/h2-3,5-6,10H,4,7-8H2. The number of benzene rings is 1. The maximum Gasteiger partial charge on any atom is 0.119 e. The van der Waals surface area contributed by atoms with Gasteiger partial charge in [-0.15, -0.1) is 0 Å². The molecular weight excluding hydrogens is 136 g/mol. The predicted octanol–water partition coefficient (Wildman–Crippen LogP) is 2.42. The fraction of sp³-hybridized carbons (Fsp3) is 0.400. The third-order valence-corrected chi connectivity index (χ3v) is 2.04. The maximum atomic E-state index is 5.63. The van der Waals surface area contributed by atoms with Gasteiger partial charge in [-0.25, -0.2) is 0 Å². The van der Waals surface area contributed by atoms with Crippen molar-refractivity contribution in [2.45, 2.75) is 25.4 Å². The first-order chi connectivity index (χ1) is 5.45. The highest BCUT2D eigenvalue weighted by molar-refractivity contribution is 5.20. The van der Waals surface area contributed by atoms with Gasteiger partial charge in [-0.1, -0.05) is 12.1 Å². The van der Waals surface area contributed by atoms with E-state index in [1.54, 1.807) is 0 Å². The zero-order chi connectivity index (χ0) is 7.52. The van der Waals surface area contributed by atoms with E-state index in [1.165, 1.54) is 19.3 Å². The molecule has 0 unspecified atom stereocenters. The summed E-state index contributed by atoms with van der Waals surface area (Å²) < 4.78 is 5.63. The number of hydrogen-bond acceptors (Lipinski definition) is 1. The molecule has 0 spiro atoms. The largest absolute Gasteiger partial charge is 0.490 e. The molecule has 1 aromatic rings. The number of hydrogen-bond donors (Lipinski definition) is 0. The van der Waals surface area contributed by atoms with Crippen LogP contribution in [0.1, 0.15) is 19.3 Å². The normalized spacial score (nSPS) is 17.5. The molecule has 1 heteroatoms. The first-order valence-electron chi connectivity index (χ1n) is 4.08. The molecule has 1 fully saturated rings. The Kier molecular flexibility index (Phi) is 1.80. The van der Waals surface area contributed by atoms with Crippen molar-refractivity contribution in [1.29, 1.82) is 0 Å². The van der Waals surface area contributed by atoms with Crippen molar-refractivity contribution in [3.63, 3.8) is 0 Å². The Morgan fingerprint density at radius 3 is 2.55 bits per heavy atom. The fourth-order valence-electron chi connectivity index (χ4n) is 1.13. The highest BCUT2D eigenvalue weighted by atomic mass is 16.5. The predicted molar refractivity (Wildman–Crippen MR) is 43.5 cm³/mol. The van der Waals surface area contributed by atoms with Gasteiger partial charge in [-0.2, -0.15) is 0 Å². The Hall–Kier alpha value is -0.980. The Morgan fingerprint density at radius 2 is 2.00 bits per heavy atom. The van der Waals surface area contributed by atoms with Gasteiger partial charge < -0.3 is 4.74 Å². The smallest absolute Gasteiger partial charge is 0.119 e. The lowest BCUT2D eigenvalue weighted by atomic mass is 9.96. The summed E-state index contributed by atoms with van der Waals surface area (Å²) in [5.41, 5.74) is 0. The molecule has 0 N–H and O–H groups in total. The second-order valence-electron chi connectivity index (χ2n) is 2.91. The van der Waals surface area contributed by atoms with Gasteiger partial charge in [0.25, 0.3) is 0 Å². The summed E-state index contributed by atoms with van der Waals surface area (Å²) in [4.78, 5) is 0. The van der Waals surface area contributed by atoms with E-state index >= 15 is 0 Å². The van der Waals surface area contributed by atoms with E-state index in [1.807, 2.05) is 24.3 Å². The third kappa shape index (κ3) is 1.53. The molecule has 0 heterocycles. The lowest BCUT2D eigenvalue weighted by Gasteiger charge is -2.26. The minimum Gasteiger partial charge on any atom is -0.490 e. The van der Waals surface area contributed by atoms with Gasteiger partial charge in [0, 0.05) is 0 Å². The van der Waals surface area contributed by atoms with Gasteiger partial charge in [0.2, 0.25) is 0 Å². The molecule has 0 aromatic heterocycles. The molecule has 1 aliphatic rings. The molecule has 1 saturated carbocycles. The first-order valence-corrected chi connectivity index (χ1v) is 4.08. The van der Waals surface area contributed by atoms with Gasteiger partial charge in [0.15, 0.2) is 0 Å². The van der Waals surface area contributed by atoms with Crippen LogP contribution >= 0.6 is 0 Å². The zero-order valence-electron chi connectivity index (χ0n) is 6.42. The van der Waals surface area contributed by atoms with Crippen molar-refractivity contribution in [3.8, 4) is 5.75 Å². The van der Waals surface area contributed by atoms with Crippen molar-refractivity contribution in [3.05, 3.63) is 30.3 Å². The van der Waals surface area contributed by atoms with Crippen LogP contribution in [0.3, 0.4) is 0 Å². The van der Waals surface area contributed by atoms with Gasteiger partial charge in [0.05, 0.1) is 6.10 Å².